The molecule has 1 N–H and O–H groups in total. The smallest absolute Gasteiger partial charge is 0.139 e. The Balaban J connectivity index is 1.78. The lowest BCUT2D eigenvalue weighted by Crippen LogP contribution is -2.07. The molecule has 0 spiro atoms. The zero-order valence-electron chi connectivity index (χ0n) is 16.4. The van der Waals surface area contributed by atoms with Gasteiger partial charge in [-0.3, -0.25) is 4.68 Å². The average Bonchev–Trinajstić information content (AvgIpc) is 3.44. The van der Waals surface area contributed by atoms with E-state index in [0.717, 1.165) is 37.1 Å². The van der Waals surface area contributed by atoms with Gasteiger partial charge in [-0.25, -0.2) is 13.2 Å². The van der Waals surface area contributed by atoms with Crippen LogP contribution in [0.3, 0.4) is 0 Å². The fourth-order valence-electron chi connectivity index (χ4n) is 3.54. The summed E-state index contributed by atoms with van der Waals surface area (Å²) in [5.74, 6) is -1.66. The van der Waals surface area contributed by atoms with Gasteiger partial charge in [-0.15, -0.1) is 0 Å². The van der Waals surface area contributed by atoms with Gasteiger partial charge in [-0.05, 0) is 37.8 Å². The van der Waals surface area contributed by atoms with Crippen molar-refractivity contribution in [1.29, 1.82) is 0 Å². The third-order valence-corrected chi connectivity index (χ3v) is 5.56. The van der Waals surface area contributed by atoms with E-state index < -0.39 is 23.6 Å². The van der Waals surface area contributed by atoms with Crippen molar-refractivity contribution in [3.63, 3.8) is 0 Å². The minimum absolute atomic E-state index is 0.00136. The standard InChI is InChI=1S/C22H20ClF3N2O2/c1-11-19(22(29)15-6-5-13(24)7-16(15)23)21(28(2)27-11)20-17(25)8-14(9-18(20)26)30-10-12-3-4-12/h5-9,12,22,29H,3-4,10H2,1-2H3. The second-order valence-corrected chi connectivity index (χ2v) is 7.96. The molecule has 0 saturated heterocycles. The maximum absolute atomic E-state index is 15.0. The number of nitrogens with zero attached hydrogens (tertiary/aromatic N) is 2. The number of aliphatic hydroxyl groups is 1. The quantitative estimate of drug-likeness (QED) is 0.567. The van der Waals surface area contributed by atoms with Crippen LogP contribution in [0.25, 0.3) is 11.3 Å². The molecule has 4 nitrogen and oxygen atoms in total. The summed E-state index contributed by atoms with van der Waals surface area (Å²) >= 11 is 6.09. The van der Waals surface area contributed by atoms with Gasteiger partial charge < -0.3 is 9.84 Å². The molecular weight excluding hydrogens is 417 g/mol. The van der Waals surface area contributed by atoms with Crippen molar-refractivity contribution in [2.75, 3.05) is 6.61 Å². The van der Waals surface area contributed by atoms with Crippen molar-refractivity contribution in [2.45, 2.75) is 25.9 Å². The van der Waals surface area contributed by atoms with Gasteiger partial charge in [-0.2, -0.15) is 5.10 Å². The van der Waals surface area contributed by atoms with Gasteiger partial charge in [0.1, 0.15) is 29.3 Å². The van der Waals surface area contributed by atoms with Gasteiger partial charge in [0.25, 0.3) is 0 Å². The lowest BCUT2D eigenvalue weighted by Gasteiger charge is -2.17. The first-order valence-electron chi connectivity index (χ1n) is 9.55. The monoisotopic (exact) mass is 436 g/mol. The van der Waals surface area contributed by atoms with Crippen molar-refractivity contribution in [3.05, 3.63) is 69.6 Å². The number of halogens is 4. The predicted molar refractivity (Wildman–Crippen MR) is 107 cm³/mol. The van der Waals surface area contributed by atoms with E-state index in [1.54, 1.807) is 6.92 Å². The van der Waals surface area contributed by atoms with Gasteiger partial charge in [-0.1, -0.05) is 17.7 Å². The van der Waals surface area contributed by atoms with E-state index in [-0.39, 0.29) is 33.2 Å². The minimum atomic E-state index is -1.36. The Labute approximate surface area is 176 Å². The van der Waals surface area contributed by atoms with E-state index in [9.17, 15) is 18.3 Å². The molecule has 1 aromatic heterocycles. The van der Waals surface area contributed by atoms with Crippen LogP contribution in [0.5, 0.6) is 5.75 Å². The zero-order valence-corrected chi connectivity index (χ0v) is 17.2. The van der Waals surface area contributed by atoms with Crippen LogP contribution >= 0.6 is 11.6 Å². The summed E-state index contributed by atoms with van der Waals surface area (Å²) < 4.78 is 50.2. The predicted octanol–water partition coefficient (Wildman–Crippen LogP) is 5.34. The summed E-state index contributed by atoms with van der Waals surface area (Å²) in [5.41, 5.74) is 0.512. The number of ether oxygens (including phenoxy) is 1. The number of aromatic nitrogens is 2. The first kappa shape index (κ1) is 20.8. The Morgan fingerprint density at radius 2 is 1.87 bits per heavy atom. The van der Waals surface area contributed by atoms with Gasteiger partial charge in [0.05, 0.1) is 23.6 Å². The molecule has 1 aliphatic carbocycles. The van der Waals surface area contributed by atoms with Crippen LogP contribution in [0.2, 0.25) is 5.02 Å². The van der Waals surface area contributed by atoms with Crippen LogP contribution in [0.1, 0.15) is 35.8 Å². The average molecular weight is 437 g/mol. The molecule has 158 valence electrons. The van der Waals surface area contributed by atoms with Gasteiger partial charge in [0.2, 0.25) is 0 Å². The van der Waals surface area contributed by atoms with Gasteiger partial charge in [0.15, 0.2) is 0 Å². The van der Waals surface area contributed by atoms with Crippen molar-refractivity contribution in [3.8, 4) is 17.0 Å². The molecule has 2 aromatic carbocycles. The third-order valence-electron chi connectivity index (χ3n) is 5.23. The lowest BCUT2D eigenvalue weighted by atomic mass is 9.95. The molecular formula is C22H20ClF3N2O2. The molecule has 8 heteroatoms. The molecule has 0 amide bonds. The van der Waals surface area contributed by atoms with Gasteiger partial charge in [0, 0.05) is 35.3 Å². The second-order valence-electron chi connectivity index (χ2n) is 7.56. The SMILES string of the molecule is Cc1nn(C)c(-c2c(F)cc(OCC3CC3)cc2F)c1C(O)c1ccc(F)cc1Cl. The highest BCUT2D eigenvalue weighted by Gasteiger charge is 2.29. The Hall–Kier alpha value is -2.51. The zero-order chi connectivity index (χ0) is 21.6. The summed E-state index contributed by atoms with van der Waals surface area (Å²) in [4.78, 5) is 0. The molecule has 1 fully saturated rings. The van der Waals surface area contributed by atoms with Crippen molar-refractivity contribution >= 4 is 11.6 Å². The lowest BCUT2D eigenvalue weighted by molar-refractivity contribution is 0.220. The topological polar surface area (TPSA) is 47.3 Å². The normalized spacial score (nSPS) is 14.8. The van der Waals surface area contributed by atoms with Crippen LogP contribution < -0.4 is 4.74 Å². The molecule has 3 aromatic rings. The Kier molecular flexibility index (Phi) is 5.51. The van der Waals surface area contributed by atoms with Crippen molar-refractivity contribution in [1.82, 2.24) is 9.78 Å². The summed E-state index contributed by atoms with van der Waals surface area (Å²) in [6.45, 7) is 2.04. The summed E-state index contributed by atoms with van der Waals surface area (Å²) in [6, 6.07) is 5.82. The fraction of sp³-hybridized carbons (Fsp3) is 0.318. The molecule has 1 unspecified atom stereocenters. The highest BCUT2D eigenvalue weighted by atomic mass is 35.5. The summed E-state index contributed by atoms with van der Waals surface area (Å²) in [5, 5.41) is 15.2. The van der Waals surface area contributed by atoms with Crippen LogP contribution in [0.4, 0.5) is 13.2 Å². The highest BCUT2D eigenvalue weighted by molar-refractivity contribution is 6.31. The third kappa shape index (κ3) is 3.91. The number of rotatable bonds is 6. The molecule has 0 radical (unpaired) electrons. The molecule has 1 aliphatic rings. The first-order valence-corrected chi connectivity index (χ1v) is 9.92. The van der Waals surface area contributed by atoms with E-state index in [1.807, 2.05) is 0 Å². The Morgan fingerprint density at radius 1 is 1.20 bits per heavy atom. The van der Waals surface area contributed by atoms with Gasteiger partial charge >= 0.3 is 0 Å². The summed E-state index contributed by atoms with van der Waals surface area (Å²) in [7, 11) is 1.53. The van der Waals surface area contributed by atoms with Crippen LogP contribution in [-0.4, -0.2) is 21.5 Å². The maximum atomic E-state index is 15.0. The van der Waals surface area contributed by atoms with E-state index in [2.05, 4.69) is 5.10 Å². The molecule has 1 heterocycles. The maximum Gasteiger partial charge on any atom is 0.139 e. The number of hydrogen-bond donors (Lipinski definition) is 1. The Bertz CT molecular complexity index is 1090. The van der Waals surface area contributed by atoms with E-state index in [0.29, 0.717) is 18.2 Å². The Morgan fingerprint density at radius 3 is 2.47 bits per heavy atom. The van der Waals surface area contributed by atoms with E-state index in [1.165, 1.54) is 17.8 Å². The van der Waals surface area contributed by atoms with Crippen LogP contribution in [0.15, 0.2) is 30.3 Å². The number of aryl methyl sites for hydroxylation is 2. The molecule has 0 bridgehead atoms. The molecule has 30 heavy (non-hydrogen) atoms. The molecule has 1 atom stereocenters. The number of benzene rings is 2. The fourth-order valence-corrected chi connectivity index (χ4v) is 3.81. The van der Waals surface area contributed by atoms with Crippen LogP contribution in [0, 0.1) is 30.3 Å². The minimum Gasteiger partial charge on any atom is -0.493 e. The number of hydrogen-bond acceptors (Lipinski definition) is 3. The van der Waals surface area contributed by atoms with Crippen molar-refractivity contribution < 1.29 is 23.0 Å². The first-order chi connectivity index (χ1) is 14.3. The number of aliphatic hydroxyl groups excluding tert-OH is 1. The molecule has 4 rings (SSSR count). The van der Waals surface area contributed by atoms with E-state index >= 15 is 0 Å². The summed E-state index contributed by atoms with van der Waals surface area (Å²) in [6.07, 6.45) is 0.765. The molecule has 0 aliphatic heterocycles. The van der Waals surface area contributed by atoms with Crippen LogP contribution in [-0.2, 0) is 7.05 Å². The largest absolute Gasteiger partial charge is 0.493 e. The van der Waals surface area contributed by atoms with Crippen molar-refractivity contribution in [2.24, 2.45) is 13.0 Å². The van der Waals surface area contributed by atoms with E-state index in [4.69, 9.17) is 16.3 Å². The highest BCUT2D eigenvalue weighted by Crippen LogP contribution is 2.39. The molecule has 1 saturated carbocycles. The second kappa shape index (κ2) is 7.96.